The minimum atomic E-state index is -2.42. The lowest BCUT2D eigenvalue weighted by molar-refractivity contribution is -0.128. The molecule has 0 N–H and O–H groups in total. The van der Waals surface area contributed by atoms with E-state index in [0.717, 1.165) is 0 Å². The number of nitrogens with zero attached hydrogens (tertiary/aromatic N) is 2. The van der Waals surface area contributed by atoms with Gasteiger partial charge in [0.05, 0.1) is 0 Å². The summed E-state index contributed by atoms with van der Waals surface area (Å²) < 4.78 is 4.00. The van der Waals surface area contributed by atoms with Gasteiger partial charge in [0.15, 0.2) is 16.5 Å². The van der Waals surface area contributed by atoms with Gasteiger partial charge >= 0.3 is 6.03 Å². The Balaban J connectivity index is 3.91. The molecule has 1 aliphatic rings. The van der Waals surface area contributed by atoms with Crippen molar-refractivity contribution in [1.29, 1.82) is 0 Å². The second-order valence-electron chi connectivity index (χ2n) is 11.5. The summed E-state index contributed by atoms with van der Waals surface area (Å²) >= 11 is 0. The Morgan fingerprint density at radius 3 is 1.10 bits per heavy atom. The second-order valence-corrected chi connectivity index (χ2v) is 22.9. The Kier molecular flexibility index (Phi) is 7.73. The summed E-state index contributed by atoms with van der Waals surface area (Å²) in [5, 5.41) is 0. The highest BCUT2D eigenvalue weighted by Crippen LogP contribution is 2.53. The number of hydrogen-bond acceptors (Lipinski definition) is 2. The highest BCUT2D eigenvalue weighted by Gasteiger charge is 2.67. The average Bonchev–Trinajstić information content (AvgIpc) is 2.68. The van der Waals surface area contributed by atoms with E-state index in [0.29, 0.717) is 33.2 Å². The summed E-state index contributed by atoms with van der Waals surface area (Å²) in [7, 11) is -4.74. The summed E-state index contributed by atoms with van der Waals surface area (Å²) in [5.74, 6) is 0.0455. The third kappa shape index (κ3) is 3.46. The molecular formula is C23H48N2O2Si2. The van der Waals surface area contributed by atoms with Gasteiger partial charge in [0.2, 0.25) is 5.91 Å². The highest BCUT2D eigenvalue weighted by atomic mass is 28.3. The fourth-order valence-corrected chi connectivity index (χ4v) is 21.1. The van der Waals surface area contributed by atoms with Crippen LogP contribution < -0.4 is 0 Å². The number of imide groups is 1. The molecule has 0 aromatic heterocycles. The molecule has 1 saturated heterocycles. The van der Waals surface area contributed by atoms with Gasteiger partial charge in [0.25, 0.3) is 0 Å². The van der Waals surface area contributed by atoms with Crippen molar-refractivity contribution in [2.24, 2.45) is 0 Å². The third-order valence-corrected chi connectivity index (χ3v) is 21.8. The average molecular weight is 441 g/mol. The zero-order chi connectivity index (χ0) is 23.3. The molecule has 0 radical (unpaired) electrons. The van der Waals surface area contributed by atoms with Crippen LogP contribution in [0.2, 0.25) is 33.2 Å². The van der Waals surface area contributed by atoms with E-state index in [-0.39, 0.29) is 11.9 Å². The first-order chi connectivity index (χ1) is 13.0. The van der Waals surface area contributed by atoms with Crippen molar-refractivity contribution in [3.63, 3.8) is 0 Å². The molecule has 0 aliphatic carbocycles. The third-order valence-electron chi connectivity index (χ3n) is 7.99. The maximum Gasteiger partial charge on any atom is 0.311 e. The van der Waals surface area contributed by atoms with Crippen molar-refractivity contribution >= 4 is 28.4 Å². The topological polar surface area (TPSA) is 40.6 Å². The fraction of sp³-hybridized carbons (Fsp3) is 0.913. The maximum atomic E-state index is 14.4. The summed E-state index contributed by atoms with van der Waals surface area (Å²) in [6, 6.07) is 0.0190. The van der Waals surface area contributed by atoms with Crippen LogP contribution in [0.3, 0.4) is 0 Å². The second kappa shape index (κ2) is 8.48. The summed E-state index contributed by atoms with van der Waals surface area (Å²) in [4.78, 5) is 28.4. The van der Waals surface area contributed by atoms with Crippen molar-refractivity contribution in [3.8, 4) is 0 Å². The van der Waals surface area contributed by atoms with Crippen LogP contribution in [0.25, 0.3) is 0 Å². The first-order valence-electron chi connectivity index (χ1n) is 11.7. The minimum absolute atomic E-state index is 0.0190. The van der Waals surface area contributed by atoms with Crippen molar-refractivity contribution in [1.82, 2.24) is 9.13 Å². The zero-order valence-corrected chi connectivity index (χ0v) is 23.7. The molecule has 0 spiro atoms. The van der Waals surface area contributed by atoms with E-state index in [4.69, 9.17) is 0 Å². The monoisotopic (exact) mass is 440 g/mol. The number of amides is 3. The standard InChI is InChI=1S/C23H48N2O2Si2/c1-15(2)28(16(3)4,17(5)6)24-21(26)23(13,14)25(22(24)27)29(18(7)8,19(9)10)20(11)12/h15-20H,1-14H3. The Bertz CT molecular complexity index is 581. The van der Waals surface area contributed by atoms with Gasteiger partial charge in [0.1, 0.15) is 5.54 Å². The lowest BCUT2D eigenvalue weighted by Gasteiger charge is -2.53. The van der Waals surface area contributed by atoms with E-state index in [1.54, 1.807) is 0 Å². The summed E-state index contributed by atoms with van der Waals surface area (Å²) in [6.45, 7) is 30.9. The molecule has 0 bridgehead atoms. The Morgan fingerprint density at radius 1 is 0.586 bits per heavy atom. The van der Waals surface area contributed by atoms with Crippen molar-refractivity contribution in [2.75, 3.05) is 0 Å². The van der Waals surface area contributed by atoms with Crippen LogP contribution in [-0.4, -0.2) is 43.1 Å². The molecule has 0 saturated carbocycles. The largest absolute Gasteiger partial charge is 0.338 e. The molecule has 3 amide bonds. The number of rotatable bonds is 8. The molecule has 6 heteroatoms. The Morgan fingerprint density at radius 2 is 0.862 bits per heavy atom. The summed E-state index contributed by atoms with van der Waals surface area (Å²) in [6.07, 6.45) is 0. The van der Waals surface area contributed by atoms with Crippen LogP contribution in [-0.2, 0) is 4.79 Å². The zero-order valence-electron chi connectivity index (χ0n) is 21.7. The van der Waals surface area contributed by atoms with Gasteiger partial charge in [0, 0.05) is 0 Å². The summed E-state index contributed by atoms with van der Waals surface area (Å²) in [5.41, 5.74) is 1.32. The molecule has 1 rings (SSSR count). The number of carbonyl (C=O) groups is 2. The van der Waals surface area contributed by atoms with Gasteiger partial charge in [-0.2, -0.15) is 0 Å². The van der Waals surface area contributed by atoms with Crippen molar-refractivity contribution < 1.29 is 9.59 Å². The SMILES string of the molecule is CC(C)[Si](C(C)C)(C(C)C)N1C(=O)N([Si](C(C)C)(C(C)C)C(C)C)C(C)(C)C1=O. The number of carbonyl (C=O) groups excluding carboxylic acids is 2. The van der Waals surface area contributed by atoms with E-state index in [1.165, 1.54) is 0 Å². The van der Waals surface area contributed by atoms with Gasteiger partial charge in [-0.15, -0.1) is 0 Å². The van der Waals surface area contributed by atoms with Crippen molar-refractivity contribution in [3.05, 3.63) is 0 Å². The fourth-order valence-electron chi connectivity index (χ4n) is 7.34. The van der Waals surface area contributed by atoms with Crippen LogP contribution in [0.4, 0.5) is 4.79 Å². The van der Waals surface area contributed by atoms with Gasteiger partial charge < -0.3 is 4.57 Å². The predicted molar refractivity (Wildman–Crippen MR) is 130 cm³/mol. The molecule has 1 aliphatic heterocycles. The van der Waals surface area contributed by atoms with Gasteiger partial charge in [-0.25, -0.2) is 4.79 Å². The first-order valence-corrected chi connectivity index (χ1v) is 16.0. The van der Waals surface area contributed by atoms with E-state index in [9.17, 15) is 9.59 Å². The number of hydrogen-bond donors (Lipinski definition) is 0. The number of urea groups is 1. The van der Waals surface area contributed by atoms with Crippen LogP contribution in [0.15, 0.2) is 0 Å². The molecule has 1 heterocycles. The first kappa shape index (κ1) is 26.4. The Hall–Kier alpha value is -0.626. The van der Waals surface area contributed by atoms with Crippen LogP contribution >= 0.6 is 0 Å². The molecule has 1 fully saturated rings. The molecule has 4 nitrogen and oxygen atoms in total. The Labute approximate surface area is 183 Å². The molecular weight excluding hydrogens is 392 g/mol. The normalized spacial score (nSPS) is 18.8. The van der Waals surface area contributed by atoms with E-state index in [2.05, 4.69) is 87.7 Å². The van der Waals surface area contributed by atoms with E-state index in [1.807, 2.05) is 18.4 Å². The highest BCUT2D eigenvalue weighted by molar-refractivity contribution is 6.88. The smallest absolute Gasteiger partial charge is 0.311 e. The molecule has 0 aromatic carbocycles. The van der Waals surface area contributed by atoms with Crippen LogP contribution in [0.1, 0.15) is 96.9 Å². The maximum absolute atomic E-state index is 14.4. The molecule has 0 atom stereocenters. The van der Waals surface area contributed by atoms with E-state index >= 15 is 0 Å². The van der Waals surface area contributed by atoms with Gasteiger partial charge in [-0.05, 0) is 47.1 Å². The van der Waals surface area contributed by atoms with Crippen molar-refractivity contribution in [2.45, 2.75) is 136 Å². The van der Waals surface area contributed by atoms with Gasteiger partial charge in [-0.1, -0.05) is 83.1 Å². The van der Waals surface area contributed by atoms with Gasteiger partial charge in [-0.3, -0.25) is 9.36 Å². The van der Waals surface area contributed by atoms with E-state index < -0.39 is 22.0 Å². The lowest BCUT2D eigenvalue weighted by atomic mass is 10.1. The lowest BCUT2D eigenvalue weighted by Crippen LogP contribution is -2.67. The van der Waals surface area contributed by atoms with Crippen LogP contribution in [0, 0.1) is 0 Å². The molecule has 0 aromatic rings. The molecule has 170 valence electrons. The quantitative estimate of drug-likeness (QED) is 0.292. The minimum Gasteiger partial charge on any atom is -0.338 e. The molecule has 29 heavy (non-hydrogen) atoms. The van der Waals surface area contributed by atoms with Crippen LogP contribution in [0.5, 0.6) is 0 Å². The molecule has 0 unspecified atom stereocenters. The predicted octanol–water partition coefficient (Wildman–Crippen LogP) is 7.38.